The largest absolute Gasteiger partial charge is 0.497 e. The van der Waals surface area contributed by atoms with Crippen LogP contribution in [0.1, 0.15) is 68.5 Å². The summed E-state index contributed by atoms with van der Waals surface area (Å²) in [6.07, 6.45) is 8.68. The molecule has 178 valence electrons. The van der Waals surface area contributed by atoms with Gasteiger partial charge < -0.3 is 24.9 Å². The highest BCUT2D eigenvalue weighted by Gasteiger charge is 2.32. The number of amides is 1. The van der Waals surface area contributed by atoms with Gasteiger partial charge in [0.15, 0.2) is 0 Å². The van der Waals surface area contributed by atoms with Gasteiger partial charge in [-0.15, -0.1) is 5.10 Å². The Balaban J connectivity index is 1.21. The van der Waals surface area contributed by atoms with Crippen LogP contribution in [-0.2, 0) is 4.79 Å². The van der Waals surface area contributed by atoms with Crippen molar-refractivity contribution in [3.63, 3.8) is 0 Å². The summed E-state index contributed by atoms with van der Waals surface area (Å²) in [6.45, 7) is 0. The van der Waals surface area contributed by atoms with E-state index in [9.17, 15) is 9.59 Å². The van der Waals surface area contributed by atoms with Crippen LogP contribution in [0.4, 0.5) is 11.7 Å². The quantitative estimate of drug-likeness (QED) is 0.534. The molecule has 1 heterocycles. The molecule has 4 rings (SSSR count). The van der Waals surface area contributed by atoms with Crippen molar-refractivity contribution in [3.05, 3.63) is 30.2 Å². The summed E-state index contributed by atoms with van der Waals surface area (Å²) in [7, 11) is 1.60. The van der Waals surface area contributed by atoms with E-state index in [0.29, 0.717) is 24.2 Å². The standard InChI is InChI=1S/C24H32N4O5/c1-32-20-12-10-19(11-13-20)26-24-28-27-23(33-24)22(31)25-18-8-6-17(7-9-18)16-4-2-15(3-5-16)14-21(29)30/h10-13,15-18H,2-9,14H2,1H3,(H,25,31)(H,26,28)(H,29,30). The number of methoxy groups -OCH3 is 1. The van der Waals surface area contributed by atoms with Crippen LogP contribution in [-0.4, -0.2) is 40.3 Å². The van der Waals surface area contributed by atoms with Crippen molar-refractivity contribution in [2.45, 2.75) is 63.8 Å². The van der Waals surface area contributed by atoms with Crippen molar-refractivity contribution in [1.82, 2.24) is 15.5 Å². The highest BCUT2D eigenvalue weighted by Crippen LogP contribution is 2.40. The average Bonchev–Trinajstić information content (AvgIpc) is 3.29. The zero-order valence-corrected chi connectivity index (χ0v) is 19.0. The van der Waals surface area contributed by atoms with Crippen LogP contribution >= 0.6 is 0 Å². The molecule has 1 aromatic heterocycles. The molecule has 2 saturated carbocycles. The van der Waals surface area contributed by atoms with Crippen molar-refractivity contribution in [1.29, 1.82) is 0 Å². The number of carboxylic acids is 1. The first-order valence-electron chi connectivity index (χ1n) is 11.8. The van der Waals surface area contributed by atoms with Crippen molar-refractivity contribution in [3.8, 4) is 5.75 Å². The first-order valence-corrected chi connectivity index (χ1v) is 11.8. The number of carbonyl (C=O) groups excluding carboxylic acids is 1. The molecular formula is C24H32N4O5. The van der Waals surface area contributed by atoms with E-state index < -0.39 is 5.97 Å². The Hall–Kier alpha value is -3.10. The van der Waals surface area contributed by atoms with E-state index >= 15 is 0 Å². The maximum atomic E-state index is 12.6. The third-order valence-corrected chi connectivity index (χ3v) is 7.09. The highest BCUT2D eigenvalue weighted by molar-refractivity contribution is 5.89. The number of hydrogen-bond donors (Lipinski definition) is 3. The molecule has 0 bridgehead atoms. The number of nitrogens with one attached hydrogen (secondary N) is 2. The first-order chi connectivity index (χ1) is 16.0. The van der Waals surface area contributed by atoms with Crippen LogP contribution in [0.3, 0.4) is 0 Å². The molecule has 0 radical (unpaired) electrons. The lowest BCUT2D eigenvalue weighted by Gasteiger charge is -2.37. The summed E-state index contributed by atoms with van der Waals surface area (Å²) >= 11 is 0. The van der Waals surface area contributed by atoms with Gasteiger partial charge in [0.1, 0.15) is 5.75 Å². The summed E-state index contributed by atoms with van der Waals surface area (Å²) in [6, 6.07) is 7.53. The molecule has 1 aromatic carbocycles. The number of nitrogens with zero attached hydrogens (tertiary/aromatic N) is 2. The van der Waals surface area contributed by atoms with Gasteiger partial charge in [-0.1, -0.05) is 5.10 Å². The second-order valence-electron chi connectivity index (χ2n) is 9.23. The number of anilines is 2. The maximum absolute atomic E-state index is 12.6. The number of carboxylic acid groups (broad SMARTS) is 1. The van der Waals surface area contributed by atoms with E-state index in [1.54, 1.807) is 7.11 Å². The Morgan fingerprint density at radius 1 is 1.00 bits per heavy atom. The molecule has 2 aliphatic rings. The lowest BCUT2D eigenvalue weighted by atomic mass is 9.70. The Kier molecular flexibility index (Phi) is 7.47. The molecule has 33 heavy (non-hydrogen) atoms. The molecule has 2 aromatic rings. The molecule has 9 nitrogen and oxygen atoms in total. The predicted octanol–water partition coefficient (Wildman–Crippen LogP) is 4.39. The molecule has 1 amide bonds. The first kappa shape index (κ1) is 23.1. The number of benzene rings is 1. The molecule has 2 aliphatic carbocycles. The van der Waals surface area contributed by atoms with Crippen LogP contribution in [0.25, 0.3) is 0 Å². The molecule has 0 saturated heterocycles. The minimum atomic E-state index is -0.681. The lowest BCUT2D eigenvalue weighted by molar-refractivity contribution is -0.138. The Labute approximate surface area is 193 Å². The Morgan fingerprint density at radius 2 is 1.64 bits per heavy atom. The van der Waals surface area contributed by atoms with Gasteiger partial charge in [-0.25, -0.2) is 0 Å². The molecule has 9 heteroatoms. The van der Waals surface area contributed by atoms with E-state index in [1.165, 1.54) is 0 Å². The third-order valence-electron chi connectivity index (χ3n) is 7.09. The molecule has 0 atom stereocenters. The molecule has 3 N–H and O–H groups in total. The monoisotopic (exact) mass is 456 g/mol. The second kappa shape index (κ2) is 10.7. The van der Waals surface area contributed by atoms with Gasteiger partial charge in [-0.3, -0.25) is 9.59 Å². The summed E-state index contributed by atoms with van der Waals surface area (Å²) in [5, 5.41) is 22.8. The molecule has 0 spiro atoms. The fraction of sp³-hybridized carbons (Fsp3) is 0.583. The lowest BCUT2D eigenvalue weighted by Crippen LogP contribution is -2.39. The van der Waals surface area contributed by atoms with Crippen molar-refractivity contribution >= 4 is 23.6 Å². The Bertz CT molecular complexity index is 929. The number of ether oxygens (including phenoxy) is 1. The van der Waals surface area contributed by atoms with Gasteiger partial charge in [0.2, 0.25) is 0 Å². The second-order valence-corrected chi connectivity index (χ2v) is 9.23. The summed E-state index contributed by atoms with van der Waals surface area (Å²) in [5.74, 6) is 1.37. The van der Waals surface area contributed by atoms with Gasteiger partial charge >= 0.3 is 23.8 Å². The van der Waals surface area contributed by atoms with Crippen molar-refractivity contribution < 1.29 is 23.8 Å². The number of rotatable bonds is 8. The van der Waals surface area contributed by atoms with E-state index in [0.717, 1.165) is 62.8 Å². The minimum Gasteiger partial charge on any atom is -0.497 e. The van der Waals surface area contributed by atoms with Crippen molar-refractivity contribution in [2.24, 2.45) is 17.8 Å². The molecule has 2 fully saturated rings. The summed E-state index contributed by atoms with van der Waals surface area (Å²) in [5.41, 5.74) is 0.752. The molecule has 0 unspecified atom stereocenters. The predicted molar refractivity (Wildman–Crippen MR) is 121 cm³/mol. The van der Waals surface area contributed by atoms with Crippen LogP contribution in [0, 0.1) is 17.8 Å². The number of aliphatic carboxylic acids is 1. The van der Waals surface area contributed by atoms with Crippen LogP contribution in [0.2, 0.25) is 0 Å². The van der Waals surface area contributed by atoms with Crippen molar-refractivity contribution in [2.75, 3.05) is 12.4 Å². The van der Waals surface area contributed by atoms with Crippen LogP contribution in [0.15, 0.2) is 28.7 Å². The SMILES string of the molecule is COc1ccc(Nc2nnc(C(=O)NC3CCC(C4CCC(CC(=O)O)CC4)CC3)o2)cc1. The van der Waals surface area contributed by atoms with Gasteiger partial charge in [0.25, 0.3) is 0 Å². The van der Waals surface area contributed by atoms with Gasteiger partial charge in [0, 0.05) is 18.2 Å². The van der Waals surface area contributed by atoms with E-state index in [2.05, 4.69) is 20.8 Å². The smallest absolute Gasteiger partial charge is 0.320 e. The summed E-state index contributed by atoms with van der Waals surface area (Å²) < 4.78 is 10.6. The van der Waals surface area contributed by atoms with E-state index in [-0.39, 0.29) is 23.9 Å². The summed E-state index contributed by atoms with van der Waals surface area (Å²) in [4.78, 5) is 23.5. The van der Waals surface area contributed by atoms with Gasteiger partial charge in [-0.2, -0.15) is 0 Å². The van der Waals surface area contributed by atoms with Crippen LogP contribution < -0.4 is 15.4 Å². The fourth-order valence-corrected chi connectivity index (χ4v) is 5.26. The zero-order chi connectivity index (χ0) is 23.2. The zero-order valence-electron chi connectivity index (χ0n) is 19.0. The van der Waals surface area contributed by atoms with E-state index in [1.807, 2.05) is 24.3 Å². The van der Waals surface area contributed by atoms with Gasteiger partial charge in [-0.05, 0) is 93.4 Å². The fourth-order valence-electron chi connectivity index (χ4n) is 5.26. The average molecular weight is 457 g/mol. The Morgan fingerprint density at radius 3 is 2.24 bits per heavy atom. The van der Waals surface area contributed by atoms with Gasteiger partial charge in [0.05, 0.1) is 7.11 Å². The maximum Gasteiger partial charge on any atom is 0.320 e. The highest BCUT2D eigenvalue weighted by atomic mass is 16.5. The number of aromatic nitrogens is 2. The van der Waals surface area contributed by atoms with Crippen LogP contribution in [0.5, 0.6) is 5.75 Å². The topological polar surface area (TPSA) is 127 Å². The molecular weight excluding hydrogens is 424 g/mol. The number of carbonyl (C=O) groups is 2. The van der Waals surface area contributed by atoms with E-state index in [4.69, 9.17) is 14.3 Å². The molecule has 0 aliphatic heterocycles. The normalized spacial score (nSPS) is 25.2. The third kappa shape index (κ3) is 6.24. The minimum absolute atomic E-state index is 0.0510. The number of hydrogen-bond acceptors (Lipinski definition) is 7.